The summed E-state index contributed by atoms with van der Waals surface area (Å²) in [6.07, 6.45) is 4.81. The minimum absolute atomic E-state index is 0. The van der Waals surface area contributed by atoms with Crippen LogP contribution in [0.15, 0.2) is 54.6 Å². The van der Waals surface area contributed by atoms with E-state index in [2.05, 4.69) is 25.7 Å². The first-order valence-corrected chi connectivity index (χ1v) is 10.2. The van der Waals surface area contributed by atoms with E-state index in [1.54, 1.807) is 0 Å². The van der Waals surface area contributed by atoms with Crippen molar-refractivity contribution in [3.8, 4) is 5.75 Å². The Morgan fingerprint density at radius 2 is 1.50 bits per heavy atom. The van der Waals surface area contributed by atoms with E-state index < -0.39 is 0 Å². The van der Waals surface area contributed by atoms with E-state index >= 15 is 0 Å². The monoisotopic (exact) mass is 495 g/mol. The van der Waals surface area contributed by atoms with Gasteiger partial charge in [0.05, 0.1) is 5.56 Å². The molecule has 0 aliphatic rings. The predicted octanol–water partition coefficient (Wildman–Crippen LogP) is 6.21. The highest BCUT2D eigenvalue weighted by Crippen LogP contribution is 2.22. The average molecular weight is 495 g/mol. The molecule has 0 spiro atoms. The van der Waals surface area contributed by atoms with Crippen LogP contribution >= 0.6 is 24.0 Å². The lowest BCUT2D eigenvalue weighted by Gasteiger charge is -2.29. The summed E-state index contributed by atoms with van der Waals surface area (Å²) >= 11 is 0. The van der Waals surface area contributed by atoms with Crippen molar-refractivity contribution in [2.75, 3.05) is 19.7 Å². The summed E-state index contributed by atoms with van der Waals surface area (Å²) in [4.78, 5) is 15.3. The fraction of sp³-hybridized carbons (Fsp3) is 0.458. The SMILES string of the molecule is CCCCN(CCCC)C(C)COc1ccccc1C(=O)c1ccccc1.I. The number of hydrogen-bond donors (Lipinski definition) is 0. The number of ketones is 1. The molecular formula is C24H34INO2. The number of nitrogens with zero attached hydrogens (tertiary/aromatic N) is 1. The summed E-state index contributed by atoms with van der Waals surface area (Å²) < 4.78 is 6.12. The molecule has 0 saturated carbocycles. The lowest BCUT2D eigenvalue weighted by molar-refractivity contribution is 0.102. The molecule has 0 heterocycles. The molecule has 0 aliphatic heterocycles. The van der Waals surface area contributed by atoms with Crippen LogP contribution in [-0.2, 0) is 0 Å². The third-order valence-corrected chi connectivity index (χ3v) is 4.87. The summed E-state index contributed by atoms with van der Waals surface area (Å²) in [5, 5.41) is 0. The second-order valence-electron chi connectivity index (χ2n) is 7.09. The van der Waals surface area contributed by atoms with Crippen molar-refractivity contribution in [2.45, 2.75) is 52.5 Å². The van der Waals surface area contributed by atoms with E-state index in [0.29, 0.717) is 29.5 Å². The predicted molar refractivity (Wildman–Crippen MR) is 128 cm³/mol. The zero-order valence-corrected chi connectivity index (χ0v) is 19.7. The second-order valence-corrected chi connectivity index (χ2v) is 7.09. The minimum atomic E-state index is 0. The van der Waals surface area contributed by atoms with Crippen molar-refractivity contribution in [2.24, 2.45) is 0 Å². The largest absolute Gasteiger partial charge is 0.491 e. The Morgan fingerprint density at radius 3 is 2.11 bits per heavy atom. The lowest BCUT2D eigenvalue weighted by atomic mass is 10.0. The van der Waals surface area contributed by atoms with Crippen LogP contribution in [0.4, 0.5) is 0 Å². The number of ether oxygens (including phenoxy) is 1. The normalized spacial score (nSPS) is 11.7. The Hall–Kier alpha value is -1.40. The van der Waals surface area contributed by atoms with Crippen molar-refractivity contribution in [1.82, 2.24) is 4.90 Å². The van der Waals surface area contributed by atoms with E-state index in [-0.39, 0.29) is 29.8 Å². The van der Waals surface area contributed by atoms with Gasteiger partial charge in [-0.15, -0.1) is 24.0 Å². The zero-order valence-electron chi connectivity index (χ0n) is 17.4. The Morgan fingerprint density at radius 1 is 0.929 bits per heavy atom. The molecule has 2 aromatic carbocycles. The number of benzene rings is 2. The van der Waals surface area contributed by atoms with Crippen LogP contribution in [-0.4, -0.2) is 36.4 Å². The van der Waals surface area contributed by atoms with Gasteiger partial charge in [0, 0.05) is 11.6 Å². The van der Waals surface area contributed by atoms with Crippen molar-refractivity contribution < 1.29 is 9.53 Å². The van der Waals surface area contributed by atoms with Crippen LogP contribution in [0.25, 0.3) is 0 Å². The average Bonchev–Trinajstić information content (AvgIpc) is 2.72. The van der Waals surface area contributed by atoms with Crippen molar-refractivity contribution in [3.05, 3.63) is 65.7 Å². The van der Waals surface area contributed by atoms with Crippen molar-refractivity contribution >= 4 is 29.8 Å². The molecule has 1 atom stereocenters. The molecule has 0 bridgehead atoms. The molecule has 154 valence electrons. The van der Waals surface area contributed by atoms with Gasteiger partial charge < -0.3 is 4.74 Å². The van der Waals surface area contributed by atoms with Gasteiger partial charge in [-0.25, -0.2) is 0 Å². The van der Waals surface area contributed by atoms with Gasteiger partial charge in [0.2, 0.25) is 0 Å². The van der Waals surface area contributed by atoms with Gasteiger partial charge in [-0.05, 0) is 45.0 Å². The number of halogens is 1. The summed E-state index contributed by atoms with van der Waals surface area (Å²) in [5.41, 5.74) is 1.32. The Bertz CT molecular complexity index is 682. The van der Waals surface area contributed by atoms with E-state index in [0.717, 1.165) is 13.1 Å². The molecule has 0 aromatic heterocycles. The Labute approximate surface area is 187 Å². The molecule has 0 N–H and O–H groups in total. The molecule has 1 unspecified atom stereocenters. The lowest BCUT2D eigenvalue weighted by Crippen LogP contribution is -2.38. The molecule has 0 radical (unpaired) electrons. The maximum absolute atomic E-state index is 12.8. The maximum atomic E-state index is 12.8. The van der Waals surface area contributed by atoms with Crippen LogP contribution < -0.4 is 4.74 Å². The highest BCUT2D eigenvalue weighted by molar-refractivity contribution is 14.0. The third-order valence-electron chi connectivity index (χ3n) is 4.87. The van der Waals surface area contributed by atoms with Crippen LogP contribution in [0, 0.1) is 0 Å². The highest BCUT2D eigenvalue weighted by Gasteiger charge is 2.17. The fourth-order valence-electron chi connectivity index (χ4n) is 3.12. The molecule has 2 aromatic rings. The highest BCUT2D eigenvalue weighted by atomic mass is 127. The van der Waals surface area contributed by atoms with E-state index in [9.17, 15) is 4.79 Å². The summed E-state index contributed by atoms with van der Waals surface area (Å²) in [5.74, 6) is 0.678. The molecule has 0 aliphatic carbocycles. The van der Waals surface area contributed by atoms with Gasteiger partial charge in [0.15, 0.2) is 5.78 Å². The maximum Gasteiger partial charge on any atom is 0.196 e. The first-order chi connectivity index (χ1) is 13.2. The van der Waals surface area contributed by atoms with Crippen molar-refractivity contribution in [1.29, 1.82) is 0 Å². The number of carbonyl (C=O) groups excluding carboxylic acids is 1. The summed E-state index contributed by atoms with van der Waals surface area (Å²) in [6.45, 7) is 9.46. The molecule has 4 heteroatoms. The van der Waals surface area contributed by atoms with Gasteiger partial charge in [0.1, 0.15) is 12.4 Å². The van der Waals surface area contributed by atoms with Gasteiger partial charge in [0.25, 0.3) is 0 Å². The smallest absolute Gasteiger partial charge is 0.196 e. The number of hydrogen-bond acceptors (Lipinski definition) is 3. The number of unbranched alkanes of at least 4 members (excludes halogenated alkanes) is 2. The summed E-state index contributed by atoms with van der Waals surface area (Å²) in [7, 11) is 0. The fourth-order valence-corrected chi connectivity index (χ4v) is 3.12. The van der Waals surface area contributed by atoms with Gasteiger partial charge in [-0.3, -0.25) is 9.69 Å². The second kappa shape index (κ2) is 13.7. The Kier molecular flexibility index (Phi) is 12.1. The number of rotatable bonds is 12. The molecule has 0 amide bonds. The van der Waals surface area contributed by atoms with Crippen LogP contribution in [0.1, 0.15) is 62.4 Å². The first kappa shape index (κ1) is 24.6. The van der Waals surface area contributed by atoms with Gasteiger partial charge in [-0.2, -0.15) is 0 Å². The molecule has 28 heavy (non-hydrogen) atoms. The number of para-hydroxylation sites is 1. The van der Waals surface area contributed by atoms with Gasteiger partial charge >= 0.3 is 0 Å². The molecule has 0 fully saturated rings. The first-order valence-electron chi connectivity index (χ1n) is 10.2. The minimum Gasteiger partial charge on any atom is -0.491 e. The van der Waals surface area contributed by atoms with Crippen LogP contribution in [0.3, 0.4) is 0 Å². The number of carbonyl (C=O) groups is 1. The summed E-state index contributed by atoms with van der Waals surface area (Å²) in [6, 6.07) is 17.3. The standard InChI is InChI=1S/C24H33NO2.HI/c1-4-6-17-25(18-7-5-2)20(3)19-27-23-16-12-11-15-22(23)24(26)21-13-9-8-10-14-21;/h8-16,20H,4-7,17-19H2,1-3H3;1H. The molecule has 3 nitrogen and oxygen atoms in total. The Balaban J connectivity index is 0.00000392. The zero-order chi connectivity index (χ0) is 19.5. The van der Waals surface area contributed by atoms with E-state index in [1.807, 2.05) is 54.6 Å². The van der Waals surface area contributed by atoms with E-state index in [1.165, 1.54) is 25.7 Å². The van der Waals surface area contributed by atoms with E-state index in [4.69, 9.17) is 4.74 Å². The molecular weight excluding hydrogens is 461 g/mol. The quantitative estimate of drug-likeness (QED) is 0.259. The topological polar surface area (TPSA) is 29.5 Å². The third kappa shape index (κ3) is 7.55. The molecule has 0 saturated heterocycles. The van der Waals surface area contributed by atoms with Crippen molar-refractivity contribution in [3.63, 3.8) is 0 Å². The van der Waals surface area contributed by atoms with Crippen LogP contribution in [0.2, 0.25) is 0 Å². The van der Waals surface area contributed by atoms with Crippen LogP contribution in [0.5, 0.6) is 5.75 Å². The van der Waals surface area contributed by atoms with Gasteiger partial charge in [-0.1, -0.05) is 69.2 Å². The molecule has 2 rings (SSSR count).